The number of carbonyl (C=O) groups excluding carboxylic acids is 1. The van der Waals surface area contributed by atoms with Crippen LogP contribution < -0.4 is 10.1 Å². The number of amides is 2. The molecule has 2 heterocycles. The summed E-state index contributed by atoms with van der Waals surface area (Å²) < 4.78 is 7.20. The fourth-order valence-electron chi connectivity index (χ4n) is 3.47. The number of hydrogen-bond acceptors (Lipinski definition) is 4. The molecule has 1 aromatic heterocycles. The summed E-state index contributed by atoms with van der Waals surface area (Å²) in [5.74, 6) is 0.917. The van der Waals surface area contributed by atoms with E-state index in [0.717, 1.165) is 50.5 Å². The molecule has 1 fully saturated rings. The molecule has 1 saturated heterocycles. The summed E-state index contributed by atoms with van der Waals surface area (Å²) in [7, 11) is 3.59. The Hall–Kier alpha value is -2.54. The van der Waals surface area contributed by atoms with Gasteiger partial charge in [0.1, 0.15) is 5.75 Å². The first-order valence-corrected chi connectivity index (χ1v) is 9.49. The van der Waals surface area contributed by atoms with E-state index in [1.807, 2.05) is 42.5 Å². The minimum absolute atomic E-state index is 0.00203. The standard InChI is InChI=1S/C20H29N5O2/c1-4-18(17-13-21-23(2)14-17)22-20(26)25-11-9-24(10-12-25)15-16-7-5-6-8-19(16)27-3/h5-8,13-14,18H,4,9-12,15H2,1-3H3,(H,22,26)/t18-/m1/s1. The smallest absolute Gasteiger partial charge is 0.317 e. The zero-order valence-electron chi connectivity index (χ0n) is 16.4. The number of hydrogen-bond donors (Lipinski definition) is 1. The Labute approximate surface area is 160 Å². The summed E-state index contributed by atoms with van der Waals surface area (Å²) in [6.07, 6.45) is 4.62. The van der Waals surface area contributed by atoms with E-state index in [4.69, 9.17) is 4.74 Å². The molecule has 1 aliphatic heterocycles. The van der Waals surface area contributed by atoms with Crippen molar-refractivity contribution < 1.29 is 9.53 Å². The number of nitrogens with zero attached hydrogens (tertiary/aromatic N) is 4. The highest BCUT2D eigenvalue weighted by Crippen LogP contribution is 2.20. The lowest BCUT2D eigenvalue weighted by Crippen LogP contribution is -2.51. The third-order valence-electron chi connectivity index (χ3n) is 5.08. The van der Waals surface area contributed by atoms with Crippen LogP contribution in [0.3, 0.4) is 0 Å². The van der Waals surface area contributed by atoms with E-state index in [2.05, 4.69) is 28.3 Å². The van der Waals surface area contributed by atoms with Crippen molar-refractivity contribution in [2.75, 3.05) is 33.3 Å². The predicted molar refractivity (Wildman–Crippen MR) is 105 cm³/mol. The van der Waals surface area contributed by atoms with Gasteiger partial charge in [0.2, 0.25) is 0 Å². The quantitative estimate of drug-likeness (QED) is 0.847. The van der Waals surface area contributed by atoms with E-state index in [0.29, 0.717) is 0 Å². The summed E-state index contributed by atoms with van der Waals surface area (Å²) in [6.45, 7) is 6.08. The molecule has 0 saturated carbocycles. The number of methoxy groups -OCH3 is 1. The van der Waals surface area contributed by atoms with E-state index in [1.165, 1.54) is 5.56 Å². The van der Waals surface area contributed by atoms with Gasteiger partial charge in [-0.05, 0) is 12.5 Å². The lowest BCUT2D eigenvalue weighted by atomic mass is 10.1. The van der Waals surface area contributed by atoms with Gasteiger partial charge >= 0.3 is 6.03 Å². The third-order valence-corrected chi connectivity index (χ3v) is 5.08. The molecular weight excluding hydrogens is 342 g/mol. The third kappa shape index (κ3) is 4.80. The van der Waals surface area contributed by atoms with Crippen LogP contribution in [0.4, 0.5) is 4.79 Å². The van der Waals surface area contributed by atoms with Crippen molar-refractivity contribution in [2.24, 2.45) is 7.05 Å². The Morgan fingerprint density at radius 2 is 2.00 bits per heavy atom. The number of para-hydroxylation sites is 1. The zero-order chi connectivity index (χ0) is 19.2. The Bertz CT molecular complexity index is 752. The van der Waals surface area contributed by atoms with Crippen LogP contribution in [0.15, 0.2) is 36.7 Å². The van der Waals surface area contributed by atoms with Crippen molar-refractivity contribution in [3.05, 3.63) is 47.8 Å². The second-order valence-corrected chi connectivity index (χ2v) is 6.93. The van der Waals surface area contributed by atoms with Crippen LogP contribution in [0.1, 0.15) is 30.5 Å². The summed E-state index contributed by atoms with van der Waals surface area (Å²) in [6, 6.07) is 8.10. The number of rotatable bonds is 6. The van der Waals surface area contributed by atoms with Crippen LogP contribution >= 0.6 is 0 Å². The Balaban J connectivity index is 1.51. The van der Waals surface area contributed by atoms with E-state index in [1.54, 1.807) is 11.8 Å². The van der Waals surface area contributed by atoms with Gasteiger partial charge in [0.25, 0.3) is 0 Å². The van der Waals surface area contributed by atoms with Crippen LogP contribution in [0, 0.1) is 0 Å². The predicted octanol–water partition coefficient (Wildman–Crippen LogP) is 2.41. The van der Waals surface area contributed by atoms with Crippen molar-refractivity contribution >= 4 is 6.03 Å². The summed E-state index contributed by atoms with van der Waals surface area (Å²) in [5, 5.41) is 7.35. The molecule has 0 spiro atoms. The molecule has 0 unspecified atom stereocenters. The Morgan fingerprint density at radius 1 is 1.26 bits per heavy atom. The highest BCUT2D eigenvalue weighted by atomic mass is 16.5. The molecule has 7 heteroatoms. The molecule has 146 valence electrons. The van der Waals surface area contributed by atoms with Crippen LogP contribution in [0.25, 0.3) is 0 Å². The minimum atomic E-state index is -0.00203. The largest absolute Gasteiger partial charge is 0.496 e. The SMILES string of the molecule is CC[C@@H](NC(=O)N1CCN(Cc2ccccc2OC)CC1)c1cnn(C)c1. The molecule has 1 N–H and O–H groups in total. The molecule has 27 heavy (non-hydrogen) atoms. The van der Waals surface area contributed by atoms with Gasteiger partial charge < -0.3 is 15.0 Å². The first-order valence-electron chi connectivity index (χ1n) is 9.49. The highest BCUT2D eigenvalue weighted by molar-refractivity contribution is 5.74. The molecule has 0 aliphatic carbocycles. The number of carbonyl (C=O) groups is 1. The maximum absolute atomic E-state index is 12.7. The van der Waals surface area contributed by atoms with Gasteiger partial charge in [-0.15, -0.1) is 0 Å². The summed E-state index contributed by atoms with van der Waals surface area (Å²) >= 11 is 0. The molecule has 1 aliphatic rings. The highest BCUT2D eigenvalue weighted by Gasteiger charge is 2.24. The lowest BCUT2D eigenvalue weighted by Gasteiger charge is -2.35. The van der Waals surface area contributed by atoms with E-state index in [-0.39, 0.29) is 12.1 Å². The average molecular weight is 371 g/mol. The van der Waals surface area contributed by atoms with Crippen LogP contribution in [-0.4, -0.2) is 58.9 Å². The Morgan fingerprint density at radius 3 is 2.63 bits per heavy atom. The number of nitrogens with one attached hydrogen (secondary N) is 1. The van der Waals surface area contributed by atoms with E-state index < -0.39 is 0 Å². The Kier molecular flexibility index (Phi) is 6.34. The number of aromatic nitrogens is 2. The molecule has 2 aromatic rings. The molecule has 0 radical (unpaired) electrons. The number of ether oxygens (including phenoxy) is 1. The fraction of sp³-hybridized carbons (Fsp3) is 0.500. The molecule has 2 amide bonds. The maximum atomic E-state index is 12.7. The first-order chi connectivity index (χ1) is 13.1. The molecule has 1 atom stereocenters. The van der Waals surface area contributed by atoms with Crippen LogP contribution in [-0.2, 0) is 13.6 Å². The van der Waals surface area contributed by atoms with Gasteiger partial charge in [-0.2, -0.15) is 5.10 Å². The molecular formula is C20H29N5O2. The zero-order valence-corrected chi connectivity index (χ0v) is 16.4. The monoisotopic (exact) mass is 371 g/mol. The molecule has 0 bridgehead atoms. The minimum Gasteiger partial charge on any atom is -0.496 e. The second kappa shape index (κ2) is 8.90. The summed E-state index contributed by atoms with van der Waals surface area (Å²) in [5.41, 5.74) is 2.23. The summed E-state index contributed by atoms with van der Waals surface area (Å²) in [4.78, 5) is 16.9. The van der Waals surface area contributed by atoms with Crippen LogP contribution in [0.2, 0.25) is 0 Å². The van der Waals surface area contributed by atoms with Gasteiger partial charge in [0, 0.05) is 57.1 Å². The number of piperazine rings is 1. The fourth-order valence-corrected chi connectivity index (χ4v) is 3.47. The van der Waals surface area contributed by atoms with Gasteiger partial charge in [-0.25, -0.2) is 4.79 Å². The second-order valence-electron chi connectivity index (χ2n) is 6.93. The van der Waals surface area contributed by atoms with Crippen molar-refractivity contribution in [1.82, 2.24) is 24.9 Å². The van der Waals surface area contributed by atoms with Gasteiger partial charge in [-0.1, -0.05) is 25.1 Å². The number of benzene rings is 1. The van der Waals surface area contributed by atoms with Crippen molar-refractivity contribution in [1.29, 1.82) is 0 Å². The van der Waals surface area contributed by atoms with Gasteiger partial charge in [0.15, 0.2) is 0 Å². The number of urea groups is 1. The van der Waals surface area contributed by atoms with Crippen LogP contribution in [0.5, 0.6) is 5.75 Å². The van der Waals surface area contributed by atoms with Gasteiger partial charge in [0.05, 0.1) is 19.3 Å². The van der Waals surface area contributed by atoms with Crippen molar-refractivity contribution in [3.8, 4) is 5.75 Å². The molecule has 3 rings (SSSR count). The lowest BCUT2D eigenvalue weighted by molar-refractivity contribution is 0.132. The average Bonchev–Trinajstić information content (AvgIpc) is 3.13. The maximum Gasteiger partial charge on any atom is 0.317 e. The topological polar surface area (TPSA) is 62.6 Å². The van der Waals surface area contributed by atoms with E-state index >= 15 is 0 Å². The normalized spacial score (nSPS) is 16.2. The molecule has 1 aromatic carbocycles. The van der Waals surface area contributed by atoms with E-state index in [9.17, 15) is 4.79 Å². The van der Waals surface area contributed by atoms with Crippen molar-refractivity contribution in [2.45, 2.75) is 25.9 Å². The first kappa shape index (κ1) is 19.2. The van der Waals surface area contributed by atoms with Crippen molar-refractivity contribution in [3.63, 3.8) is 0 Å². The van der Waals surface area contributed by atoms with Gasteiger partial charge in [-0.3, -0.25) is 9.58 Å². The molecule has 7 nitrogen and oxygen atoms in total. The number of aryl methyl sites for hydroxylation is 1.